The first-order valence-corrected chi connectivity index (χ1v) is 8.91. The normalized spacial score (nSPS) is 22.1. The van der Waals surface area contributed by atoms with Gasteiger partial charge in [-0.2, -0.15) is 0 Å². The molecule has 0 radical (unpaired) electrons. The van der Waals surface area contributed by atoms with Gasteiger partial charge in [-0.1, -0.05) is 23.7 Å². The van der Waals surface area contributed by atoms with Crippen molar-refractivity contribution in [2.45, 2.75) is 31.7 Å². The van der Waals surface area contributed by atoms with E-state index in [1.54, 1.807) is 7.11 Å². The number of ether oxygens (including phenoxy) is 3. The highest BCUT2D eigenvalue weighted by atomic mass is 35.5. The van der Waals surface area contributed by atoms with Crippen LogP contribution in [0.2, 0.25) is 5.15 Å². The van der Waals surface area contributed by atoms with E-state index < -0.39 is 0 Å². The van der Waals surface area contributed by atoms with E-state index in [-0.39, 0.29) is 0 Å². The number of methoxy groups -OCH3 is 1. The van der Waals surface area contributed by atoms with Crippen molar-refractivity contribution >= 4 is 17.3 Å². The van der Waals surface area contributed by atoms with E-state index in [0.717, 1.165) is 42.9 Å². The average Bonchev–Trinajstić information content (AvgIpc) is 2.97. The van der Waals surface area contributed by atoms with Crippen LogP contribution in [-0.2, 0) is 11.3 Å². The van der Waals surface area contributed by atoms with Gasteiger partial charge in [-0.15, -0.1) is 0 Å². The monoisotopic (exact) mass is 360 g/mol. The Balaban J connectivity index is 1.45. The molecule has 2 atom stereocenters. The molecule has 132 valence electrons. The summed E-state index contributed by atoms with van der Waals surface area (Å²) in [6.45, 7) is 2.23. The summed E-state index contributed by atoms with van der Waals surface area (Å²) in [5.41, 5.74) is 2.10. The second kappa shape index (κ2) is 7.10. The molecule has 3 heterocycles. The predicted molar refractivity (Wildman–Crippen MR) is 96.7 cm³/mol. The quantitative estimate of drug-likeness (QED) is 0.761. The van der Waals surface area contributed by atoms with E-state index in [2.05, 4.69) is 9.88 Å². The SMILES string of the molecule is COc1ccc(COc2cc(N3C[C@H]4CC[C@@H](C3)O4)cc(Cl)n2)cc1. The van der Waals surface area contributed by atoms with Crippen LogP contribution in [0.1, 0.15) is 18.4 Å². The molecule has 0 N–H and O–H groups in total. The topological polar surface area (TPSA) is 43.8 Å². The molecule has 25 heavy (non-hydrogen) atoms. The van der Waals surface area contributed by atoms with Gasteiger partial charge in [0, 0.05) is 24.8 Å². The number of hydrogen-bond acceptors (Lipinski definition) is 5. The molecule has 2 aromatic rings. The molecule has 2 bridgehead atoms. The zero-order chi connectivity index (χ0) is 17.2. The Kier molecular flexibility index (Phi) is 4.68. The minimum atomic E-state index is 0.328. The maximum absolute atomic E-state index is 6.21. The number of hydrogen-bond donors (Lipinski definition) is 0. The molecule has 1 aromatic carbocycles. The van der Waals surface area contributed by atoms with Crippen LogP contribution in [0.4, 0.5) is 5.69 Å². The molecule has 0 aliphatic carbocycles. The number of fused-ring (bicyclic) bond motifs is 2. The summed E-state index contributed by atoms with van der Waals surface area (Å²) in [4.78, 5) is 6.61. The fourth-order valence-corrected chi connectivity index (χ4v) is 3.62. The van der Waals surface area contributed by atoms with Gasteiger partial charge >= 0.3 is 0 Å². The van der Waals surface area contributed by atoms with Crippen molar-refractivity contribution in [3.05, 3.63) is 47.1 Å². The predicted octanol–water partition coefficient (Wildman–Crippen LogP) is 3.69. The molecule has 2 aliphatic heterocycles. The molecule has 5 nitrogen and oxygen atoms in total. The van der Waals surface area contributed by atoms with E-state index in [1.165, 1.54) is 0 Å². The Hall–Kier alpha value is -1.98. The fourth-order valence-electron chi connectivity index (χ4n) is 3.42. The number of aromatic nitrogens is 1. The first kappa shape index (κ1) is 16.5. The number of halogens is 1. The van der Waals surface area contributed by atoms with Crippen LogP contribution in [-0.4, -0.2) is 37.4 Å². The first-order chi connectivity index (χ1) is 12.2. The maximum atomic E-state index is 6.21. The van der Waals surface area contributed by atoms with Gasteiger partial charge < -0.3 is 19.1 Å². The van der Waals surface area contributed by atoms with Crippen LogP contribution in [0, 0.1) is 0 Å². The highest BCUT2D eigenvalue weighted by Crippen LogP contribution is 2.32. The van der Waals surface area contributed by atoms with Crippen LogP contribution in [0.15, 0.2) is 36.4 Å². The highest BCUT2D eigenvalue weighted by Gasteiger charge is 2.34. The highest BCUT2D eigenvalue weighted by molar-refractivity contribution is 6.29. The van der Waals surface area contributed by atoms with Gasteiger partial charge in [0.2, 0.25) is 5.88 Å². The van der Waals surface area contributed by atoms with Crippen molar-refractivity contribution in [2.75, 3.05) is 25.1 Å². The summed E-state index contributed by atoms with van der Waals surface area (Å²) in [6.07, 6.45) is 2.94. The Morgan fingerprint density at radius 1 is 1.16 bits per heavy atom. The Labute approximate surface area is 152 Å². The maximum Gasteiger partial charge on any atom is 0.217 e. The van der Waals surface area contributed by atoms with Crippen LogP contribution < -0.4 is 14.4 Å². The van der Waals surface area contributed by atoms with Crippen LogP contribution >= 0.6 is 11.6 Å². The van der Waals surface area contributed by atoms with Crippen molar-refractivity contribution in [1.29, 1.82) is 0 Å². The van der Waals surface area contributed by atoms with Crippen molar-refractivity contribution in [3.8, 4) is 11.6 Å². The van der Waals surface area contributed by atoms with Crippen LogP contribution in [0.25, 0.3) is 0 Å². The van der Waals surface area contributed by atoms with E-state index in [1.807, 2.05) is 36.4 Å². The molecule has 2 aliphatic rings. The lowest BCUT2D eigenvalue weighted by molar-refractivity contribution is 0.0304. The molecule has 0 spiro atoms. The Morgan fingerprint density at radius 2 is 1.88 bits per heavy atom. The van der Waals surface area contributed by atoms with Crippen molar-refractivity contribution in [1.82, 2.24) is 4.98 Å². The largest absolute Gasteiger partial charge is 0.497 e. The van der Waals surface area contributed by atoms with Gasteiger partial charge in [0.25, 0.3) is 0 Å². The average molecular weight is 361 g/mol. The Bertz CT molecular complexity index is 726. The van der Waals surface area contributed by atoms with E-state index in [0.29, 0.717) is 29.8 Å². The molecule has 0 unspecified atom stereocenters. The van der Waals surface area contributed by atoms with Gasteiger partial charge in [0.1, 0.15) is 17.5 Å². The standard InChI is InChI=1S/C19H21ClN2O3/c1-23-15-4-2-13(3-5-15)12-24-19-9-14(8-18(20)21-19)22-10-16-6-7-17(11-22)25-16/h2-5,8-9,16-17H,6-7,10-12H2,1H3/t16-,17+. The van der Waals surface area contributed by atoms with E-state index in [9.17, 15) is 0 Å². The number of pyridine rings is 1. The summed E-state index contributed by atoms with van der Waals surface area (Å²) in [6, 6.07) is 11.6. The van der Waals surface area contributed by atoms with Crippen molar-refractivity contribution in [2.24, 2.45) is 0 Å². The lowest BCUT2D eigenvalue weighted by atomic mass is 10.2. The molecule has 2 fully saturated rings. The summed E-state index contributed by atoms with van der Waals surface area (Å²) in [5.74, 6) is 1.37. The van der Waals surface area contributed by atoms with Crippen LogP contribution in [0.3, 0.4) is 0 Å². The molecule has 0 amide bonds. The summed E-state index contributed by atoms with van der Waals surface area (Å²) < 4.78 is 16.9. The lowest BCUT2D eigenvalue weighted by Crippen LogP contribution is -2.42. The molecular weight excluding hydrogens is 340 g/mol. The lowest BCUT2D eigenvalue weighted by Gasteiger charge is -2.34. The number of rotatable bonds is 5. The zero-order valence-electron chi connectivity index (χ0n) is 14.2. The van der Waals surface area contributed by atoms with Crippen molar-refractivity contribution < 1.29 is 14.2 Å². The van der Waals surface area contributed by atoms with Gasteiger partial charge in [-0.3, -0.25) is 0 Å². The third-order valence-electron chi connectivity index (χ3n) is 4.71. The van der Waals surface area contributed by atoms with Gasteiger partial charge in [0.05, 0.1) is 19.3 Å². The first-order valence-electron chi connectivity index (χ1n) is 8.53. The second-order valence-electron chi connectivity index (χ2n) is 6.49. The molecule has 1 aromatic heterocycles. The van der Waals surface area contributed by atoms with Gasteiger partial charge in [0.15, 0.2) is 0 Å². The van der Waals surface area contributed by atoms with Gasteiger partial charge in [-0.05, 0) is 36.6 Å². The summed E-state index contributed by atoms with van der Waals surface area (Å²) in [7, 11) is 1.65. The zero-order valence-corrected chi connectivity index (χ0v) is 14.9. The fraction of sp³-hybridized carbons (Fsp3) is 0.421. The number of anilines is 1. The Morgan fingerprint density at radius 3 is 2.56 bits per heavy atom. The van der Waals surface area contributed by atoms with Gasteiger partial charge in [-0.25, -0.2) is 4.98 Å². The van der Waals surface area contributed by atoms with Crippen LogP contribution in [0.5, 0.6) is 11.6 Å². The minimum Gasteiger partial charge on any atom is -0.497 e. The smallest absolute Gasteiger partial charge is 0.217 e. The molecule has 2 saturated heterocycles. The number of nitrogens with zero attached hydrogens (tertiary/aromatic N) is 2. The summed E-state index contributed by atoms with van der Waals surface area (Å²) >= 11 is 6.21. The number of benzene rings is 1. The van der Waals surface area contributed by atoms with E-state index in [4.69, 9.17) is 25.8 Å². The number of morpholine rings is 1. The third-order valence-corrected chi connectivity index (χ3v) is 4.90. The molecule has 0 saturated carbocycles. The van der Waals surface area contributed by atoms with Crippen molar-refractivity contribution in [3.63, 3.8) is 0 Å². The minimum absolute atomic E-state index is 0.328. The molecular formula is C19H21ClN2O3. The molecule has 6 heteroatoms. The second-order valence-corrected chi connectivity index (χ2v) is 6.87. The van der Waals surface area contributed by atoms with E-state index >= 15 is 0 Å². The molecule has 4 rings (SSSR count). The summed E-state index contributed by atoms with van der Waals surface area (Å²) in [5, 5.41) is 0.445. The third kappa shape index (κ3) is 3.83.